The predicted octanol–water partition coefficient (Wildman–Crippen LogP) is 1.35. The molecule has 2 N–H and O–H groups in total. The third-order valence-electron chi connectivity index (χ3n) is 4.65. The molecule has 0 amide bonds. The molecule has 106 valence electrons. The zero-order chi connectivity index (χ0) is 14.2. The number of aryl methyl sites for hydroxylation is 1. The molecule has 0 unspecified atom stereocenters. The van der Waals surface area contributed by atoms with Gasteiger partial charge >= 0.3 is 0 Å². The van der Waals surface area contributed by atoms with Crippen molar-refractivity contribution < 1.29 is 0 Å². The highest BCUT2D eigenvalue weighted by molar-refractivity contribution is 5.36. The molecule has 3 rings (SSSR count). The number of likely N-dealkylation sites (N-methyl/N-ethyl adjacent to an activating group) is 1. The molecule has 1 heterocycles. The molecule has 0 radical (unpaired) electrons. The molecule has 1 aromatic heterocycles. The lowest BCUT2D eigenvalue weighted by molar-refractivity contribution is 0.123. The van der Waals surface area contributed by atoms with Crippen molar-refractivity contribution in [3.05, 3.63) is 53.6 Å². The van der Waals surface area contributed by atoms with Crippen LogP contribution in [0.3, 0.4) is 0 Å². The molecule has 0 saturated carbocycles. The summed E-state index contributed by atoms with van der Waals surface area (Å²) in [5.74, 6) is 1.08. The second-order valence-corrected chi connectivity index (χ2v) is 5.86. The lowest BCUT2D eigenvalue weighted by Crippen LogP contribution is -2.52. The Balaban J connectivity index is 1.83. The van der Waals surface area contributed by atoms with E-state index in [1.54, 1.807) is 0 Å². The van der Waals surface area contributed by atoms with Gasteiger partial charge in [0.05, 0.1) is 6.54 Å². The monoisotopic (exact) mass is 270 g/mol. The summed E-state index contributed by atoms with van der Waals surface area (Å²) in [6.45, 7) is 1.50. The van der Waals surface area contributed by atoms with E-state index >= 15 is 0 Å². The number of aromatic nitrogens is 2. The summed E-state index contributed by atoms with van der Waals surface area (Å²) in [4.78, 5) is 6.79. The van der Waals surface area contributed by atoms with Crippen molar-refractivity contribution in [1.82, 2.24) is 14.5 Å². The number of imidazole rings is 1. The van der Waals surface area contributed by atoms with Crippen LogP contribution in [0.25, 0.3) is 0 Å². The standard InChI is InChI=1S/C16H22N4/c1-19-8-7-18-15(19)11-20(2)16(12-17)9-13-5-3-4-6-14(13)10-16/h3-8H,9-12,17H2,1-2H3. The van der Waals surface area contributed by atoms with Crippen LogP contribution in [-0.2, 0) is 26.4 Å². The highest BCUT2D eigenvalue weighted by Gasteiger charge is 2.39. The van der Waals surface area contributed by atoms with Gasteiger partial charge in [0.2, 0.25) is 0 Å². The fourth-order valence-corrected chi connectivity index (χ4v) is 3.17. The van der Waals surface area contributed by atoms with E-state index < -0.39 is 0 Å². The number of fused-ring (bicyclic) bond motifs is 1. The van der Waals surface area contributed by atoms with Gasteiger partial charge in [0.1, 0.15) is 5.82 Å². The molecule has 1 aliphatic rings. The van der Waals surface area contributed by atoms with Crippen LogP contribution < -0.4 is 5.73 Å². The Labute approximate surface area is 120 Å². The largest absolute Gasteiger partial charge is 0.337 e. The fourth-order valence-electron chi connectivity index (χ4n) is 3.17. The van der Waals surface area contributed by atoms with Gasteiger partial charge in [0.25, 0.3) is 0 Å². The molecule has 0 aliphatic heterocycles. The van der Waals surface area contributed by atoms with Crippen LogP contribution >= 0.6 is 0 Å². The Kier molecular flexibility index (Phi) is 3.36. The lowest BCUT2D eigenvalue weighted by Gasteiger charge is -2.37. The highest BCUT2D eigenvalue weighted by atomic mass is 15.2. The zero-order valence-corrected chi connectivity index (χ0v) is 12.2. The molecule has 20 heavy (non-hydrogen) atoms. The molecule has 0 fully saturated rings. The van der Waals surface area contributed by atoms with Gasteiger partial charge < -0.3 is 10.3 Å². The highest BCUT2D eigenvalue weighted by Crippen LogP contribution is 2.33. The second kappa shape index (κ2) is 5.04. The van der Waals surface area contributed by atoms with Gasteiger partial charge in [-0.05, 0) is 31.0 Å². The van der Waals surface area contributed by atoms with Crippen LogP contribution in [0.2, 0.25) is 0 Å². The molecule has 0 bridgehead atoms. The number of benzene rings is 1. The van der Waals surface area contributed by atoms with Crippen molar-refractivity contribution in [2.24, 2.45) is 12.8 Å². The first-order chi connectivity index (χ1) is 9.64. The van der Waals surface area contributed by atoms with E-state index in [0.717, 1.165) is 25.2 Å². The molecule has 0 saturated heterocycles. The Hall–Kier alpha value is -1.65. The maximum absolute atomic E-state index is 6.15. The number of hydrogen-bond donors (Lipinski definition) is 1. The average Bonchev–Trinajstić information content (AvgIpc) is 3.03. The van der Waals surface area contributed by atoms with E-state index in [1.165, 1.54) is 11.1 Å². The van der Waals surface area contributed by atoms with Crippen molar-refractivity contribution in [1.29, 1.82) is 0 Å². The molecule has 4 nitrogen and oxygen atoms in total. The topological polar surface area (TPSA) is 47.1 Å². The normalized spacial score (nSPS) is 16.6. The molecule has 0 atom stereocenters. The Bertz CT molecular complexity index is 577. The summed E-state index contributed by atoms with van der Waals surface area (Å²) in [5, 5.41) is 0. The van der Waals surface area contributed by atoms with Crippen molar-refractivity contribution in [2.45, 2.75) is 24.9 Å². The van der Waals surface area contributed by atoms with Gasteiger partial charge in [0, 0.05) is 31.5 Å². The fraction of sp³-hybridized carbons (Fsp3) is 0.438. The number of hydrogen-bond acceptors (Lipinski definition) is 3. The van der Waals surface area contributed by atoms with Crippen LogP contribution in [0, 0.1) is 0 Å². The molecular formula is C16H22N4. The van der Waals surface area contributed by atoms with Gasteiger partial charge in [-0.25, -0.2) is 4.98 Å². The third kappa shape index (κ3) is 2.15. The van der Waals surface area contributed by atoms with Crippen molar-refractivity contribution >= 4 is 0 Å². The Morgan fingerprint density at radius 3 is 2.45 bits per heavy atom. The minimum atomic E-state index is 0.0234. The van der Waals surface area contributed by atoms with Crippen LogP contribution in [0.1, 0.15) is 17.0 Å². The van der Waals surface area contributed by atoms with Crippen molar-refractivity contribution in [2.75, 3.05) is 13.6 Å². The molecule has 1 aromatic carbocycles. The van der Waals surface area contributed by atoms with E-state index in [0.29, 0.717) is 6.54 Å². The first-order valence-corrected chi connectivity index (χ1v) is 7.09. The van der Waals surface area contributed by atoms with E-state index in [-0.39, 0.29) is 5.54 Å². The summed E-state index contributed by atoms with van der Waals surface area (Å²) < 4.78 is 2.07. The maximum Gasteiger partial charge on any atom is 0.122 e. The van der Waals surface area contributed by atoms with E-state index in [1.807, 2.05) is 19.4 Å². The van der Waals surface area contributed by atoms with Crippen LogP contribution in [0.4, 0.5) is 0 Å². The Morgan fingerprint density at radius 2 is 1.95 bits per heavy atom. The first kappa shape index (κ1) is 13.3. The van der Waals surface area contributed by atoms with E-state index in [2.05, 4.69) is 45.8 Å². The summed E-state index contributed by atoms with van der Waals surface area (Å²) >= 11 is 0. The predicted molar refractivity (Wildman–Crippen MR) is 80.3 cm³/mol. The second-order valence-electron chi connectivity index (χ2n) is 5.86. The van der Waals surface area contributed by atoms with Crippen molar-refractivity contribution in [3.8, 4) is 0 Å². The minimum absolute atomic E-state index is 0.0234. The molecular weight excluding hydrogens is 248 g/mol. The lowest BCUT2D eigenvalue weighted by atomic mass is 9.94. The van der Waals surface area contributed by atoms with Crippen LogP contribution in [0.5, 0.6) is 0 Å². The average molecular weight is 270 g/mol. The summed E-state index contributed by atoms with van der Waals surface area (Å²) in [5.41, 5.74) is 9.04. The SMILES string of the molecule is CN(Cc1nccn1C)C1(CN)Cc2ccccc2C1. The number of nitrogens with two attached hydrogens (primary N) is 1. The zero-order valence-electron chi connectivity index (χ0n) is 12.2. The van der Waals surface area contributed by atoms with Crippen LogP contribution in [0.15, 0.2) is 36.7 Å². The molecule has 1 aliphatic carbocycles. The van der Waals surface area contributed by atoms with E-state index in [4.69, 9.17) is 5.73 Å². The van der Waals surface area contributed by atoms with Crippen molar-refractivity contribution in [3.63, 3.8) is 0 Å². The maximum atomic E-state index is 6.15. The van der Waals surface area contributed by atoms with Gasteiger partial charge in [-0.1, -0.05) is 24.3 Å². The smallest absolute Gasteiger partial charge is 0.122 e. The van der Waals surface area contributed by atoms with Gasteiger partial charge in [-0.15, -0.1) is 0 Å². The molecule has 2 aromatic rings. The van der Waals surface area contributed by atoms with E-state index in [9.17, 15) is 0 Å². The summed E-state index contributed by atoms with van der Waals surface area (Å²) in [6.07, 6.45) is 5.89. The number of rotatable bonds is 4. The Morgan fingerprint density at radius 1 is 1.30 bits per heavy atom. The minimum Gasteiger partial charge on any atom is -0.337 e. The van der Waals surface area contributed by atoms with Crippen LogP contribution in [-0.4, -0.2) is 33.6 Å². The number of nitrogens with zero attached hydrogens (tertiary/aromatic N) is 3. The molecule has 0 spiro atoms. The third-order valence-corrected chi connectivity index (χ3v) is 4.65. The quantitative estimate of drug-likeness (QED) is 0.912. The van der Waals surface area contributed by atoms with Gasteiger partial charge in [-0.3, -0.25) is 4.90 Å². The first-order valence-electron chi connectivity index (χ1n) is 7.09. The van der Waals surface area contributed by atoms with Gasteiger partial charge in [0.15, 0.2) is 0 Å². The van der Waals surface area contributed by atoms with Gasteiger partial charge in [-0.2, -0.15) is 0 Å². The summed E-state index contributed by atoms with van der Waals surface area (Å²) in [7, 11) is 4.20. The molecule has 4 heteroatoms. The summed E-state index contributed by atoms with van der Waals surface area (Å²) in [6, 6.07) is 8.68.